The molecule has 1 heterocycles. The topological polar surface area (TPSA) is 96.2 Å². The number of anilines is 1. The van der Waals surface area contributed by atoms with E-state index in [2.05, 4.69) is 74.9 Å². The predicted molar refractivity (Wildman–Crippen MR) is 176 cm³/mol. The third-order valence-corrected chi connectivity index (χ3v) is 8.19. The lowest BCUT2D eigenvalue weighted by atomic mass is 9.88. The van der Waals surface area contributed by atoms with Crippen LogP contribution in [0.2, 0.25) is 0 Å². The van der Waals surface area contributed by atoms with Crippen molar-refractivity contribution in [3.8, 4) is 11.1 Å². The number of nitrogens with one attached hydrogen (secondary N) is 2. The molecule has 0 spiro atoms. The highest BCUT2D eigenvalue weighted by molar-refractivity contribution is 7.78. The number of carboxylic acid groups (broad SMARTS) is 1. The van der Waals surface area contributed by atoms with Crippen molar-refractivity contribution in [3.63, 3.8) is 0 Å². The van der Waals surface area contributed by atoms with Crippen molar-refractivity contribution < 1.29 is 32.3 Å². The summed E-state index contributed by atoms with van der Waals surface area (Å²) in [7, 11) is 3.75. The molecule has 0 aliphatic heterocycles. The van der Waals surface area contributed by atoms with Gasteiger partial charge in [0.05, 0.1) is 22.3 Å². The highest BCUT2D eigenvalue weighted by Gasteiger charge is 2.33. The first-order valence-electron chi connectivity index (χ1n) is 14.9. The van der Waals surface area contributed by atoms with E-state index in [4.69, 9.17) is 9.90 Å². The van der Waals surface area contributed by atoms with E-state index in [0.29, 0.717) is 18.4 Å². The van der Waals surface area contributed by atoms with Crippen molar-refractivity contribution >= 4 is 41.4 Å². The summed E-state index contributed by atoms with van der Waals surface area (Å²) in [5.74, 6) is -1.28. The lowest BCUT2D eigenvalue weighted by Gasteiger charge is -2.21. The number of hydrogen-bond acceptors (Lipinski definition) is 5. The molecule has 3 aromatic carbocycles. The Balaban J connectivity index is 0.000000751. The molecular weight excluding hydrogens is 620 g/mol. The average Bonchev–Trinajstić information content (AvgIpc) is 3.13. The Bertz CT molecular complexity index is 1640. The number of nitrogens with zero attached hydrogens (tertiary/aromatic N) is 2. The van der Waals surface area contributed by atoms with E-state index in [9.17, 15) is 22.4 Å². The van der Waals surface area contributed by atoms with Gasteiger partial charge in [0.15, 0.2) is 0 Å². The molecule has 12 heteroatoms. The predicted octanol–water partition coefficient (Wildman–Crippen LogP) is 8.40. The van der Waals surface area contributed by atoms with Gasteiger partial charge in [-0.25, -0.2) is 9.37 Å². The molecule has 0 saturated heterocycles. The first-order valence-corrected chi connectivity index (χ1v) is 15.3. The molecule has 1 aliphatic rings. The van der Waals surface area contributed by atoms with E-state index < -0.39 is 23.5 Å². The van der Waals surface area contributed by atoms with Crippen molar-refractivity contribution in [2.75, 3.05) is 12.4 Å². The largest absolute Gasteiger partial charge is 0.481 e. The molecule has 1 aliphatic carbocycles. The Hall–Kier alpha value is -3.90. The number of aliphatic carboxylic acids is 1. The van der Waals surface area contributed by atoms with E-state index in [1.165, 1.54) is 5.56 Å². The standard InChI is InChI=1S/C31H31F4N3O.C2H4O2.CH5NS/c1-18-4-5-20(10-13-25(18)30(39)37-27-14-12-24(17-26(27)32)31(33,34)35)21-6-8-22(9-7-21)23-11-15-29-28(16-23)36-19(2)38(29)3;1-2(3)4;1-2-3/h6-9,11-12,14-18,20,25H,4-5,10,13H2,1-3H3,(H,37,39);1H3,(H,3,4);2-3H,1H3. The van der Waals surface area contributed by atoms with Crippen LogP contribution in [0.5, 0.6) is 0 Å². The fourth-order valence-electron chi connectivity index (χ4n) is 5.66. The molecule has 1 fully saturated rings. The van der Waals surface area contributed by atoms with Crippen LogP contribution in [0.4, 0.5) is 23.2 Å². The molecule has 248 valence electrons. The molecule has 4 aromatic rings. The molecule has 7 nitrogen and oxygen atoms in total. The molecular formula is C34H40F4N4O3S. The van der Waals surface area contributed by atoms with Gasteiger partial charge in [-0.3, -0.25) is 14.3 Å². The number of hydrogen-bond donors (Lipinski definition) is 4. The quantitative estimate of drug-likeness (QED) is 0.100. The number of benzene rings is 3. The Kier molecular flexibility index (Phi) is 12.8. The number of imidazole rings is 1. The van der Waals surface area contributed by atoms with Gasteiger partial charge in [0.2, 0.25) is 5.91 Å². The van der Waals surface area contributed by atoms with Gasteiger partial charge in [-0.1, -0.05) is 50.1 Å². The number of alkyl halides is 3. The molecule has 46 heavy (non-hydrogen) atoms. The summed E-state index contributed by atoms with van der Waals surface area (Å²) in [5, 5.41) is 9.94. The van der Waals surface area contributed by atoms with Gasteiger partial charge in [0.1, 0.15) is 11.6 Å². The molecule has 1 aromatic heterocycles. The summed E-state index contributed by atoms with van der Waals surface area (Å²) in [6.07, 6.45) is -1.46. The maximum Gasteiger partial charge on any atom is 0.416 e. The molecule has 1 amide bonds. The highest BCUT2D eigenvalue weighted by atomic mass is 32.1. The zero-order valence-corrected chi connectivity index (χ0v) is 27.3. The number of amides is 1. The summed E-state index contributed by atoms with van der Waals surface area (Å²) >= 11 is 3.54. The van der Waals surface area contributed by atoms with E-state index >= 15 is 0 Å². The van der Waals surface area contributed by atoms with Crippen LogP contribution in [0.25, 0.3) is 22.2 Å². The van der Waals surface area contributed by atoms with Crippen LogP contribution in [-0.2, 0) is 22.8 Å². The van der Waals surface area contributed by atoms with Crippen LogP contribution in [-0.4, -0.2) is 33.6 Å². The number of rotatable bonds is 4. The zero-order valence-electron chi connectivity index (χ0n) is 26.5. The minimum absolute atomic E-state index is 0.0698. The second-order valence-corrected chi connectivity index (χ2v) is 11.9. The van der Waals surface area contributed by atoms with Crippen LogP contribution in [0, 0.1) is 24.6 Å². The van der Waals surface area contributed by atoms with Crippen molar-refractivity contribution in [1.82, 2.24) is 14.3 Å². The Morgan fingerprint density at radius 1 is 0.978 bits per heavy atom. The molecule has 1 saturated carbocycles. The van der Waals surface area contributed by atoms with Crippen LogP contribution in [0.1, 0.15) is 62.4 Å². The van der Waals surface area contributed by atoms with Crippen LogP contribution >= 0.6 is 12.8 Å². The molecule has 3 N–H and O–H groups in total. The van der Waals surface area contributed by atoms with Gasteiger partial charge >= 0.3 is 6.18 Å². The maximum absolute atomic E-state index is 14.3. The minimum Gasteiger partial charge on any atom is -0.481 e. The first kappa shape index (κ1) is 36.6. The Labute approximate surface area is 272 Å². The molecule has 3 atom stereocenters. The summed E-state index contributed by atoms with van der Waals surface area (Å²) in [5.41, 5.74) is 4.19. The number of carboxylic acids is 1. The van der Waals surface area contributed by atoms with Crippen molar-refractivity contribution in [2.45, 2.75) is 58.5 Å². The Morgan fingerprint density at radius 2 is 1.57 bits per heavy atom. The monoisotopic (exact) mass is 660 g/mol. The fraction of sp³-hybridized carbons (Fsp3) is 0.382. The van der Waals surface area contributed by atoms with E-state index in [0.717, 1.165) is 66.3 Å². The highest BCUT2D eigenvalue weighted by Crippen LogP contribution is 2.39. The summed E-state index contributed by atoms with van der Waals surface area (Å²) in [6, 6.07) is 17.0. The number of carbonyl (C=O) groups excluding carboxylic acids is 1. The number of aromatic nitrogens is 2. The normalized spacial score (nSPS) is 18.0. The van der Waals surface area contributed by atoms with E-state index in [-0.39, 0.29) is 23.4 Å². The smallest absolute Gasteiger partial charge is 0.416 e. The van der Waals surface area contributed by atoms with E-state index in [1.807, 2.05) is 20.9 Å². The van der Waals surface area contributed by atoms with Crippen LogP contribution in [0.15, 0.2) is 60.7 Å². The summed E-state index contributed by atoms with van der Waals surface area (Å²) in [4.78, 5) is 26.7. The van der Waals surface area contributed by atoms with Crippen LogP contribution < -0.4 is 10.0 Å². The van der Waals surface area contributed by atoms with Gasteiger partial charge in [-0.15, -0.1) is 0 Å². The molecule has 3 unspecified atom stereocenters. The van der Waals surface area contributed by atoms with Gasteiger partial charge < -0.3 is 15.0 Å². The van der Waals surface area contributed by atoms with Crippen molar-refractivity contribution in [1.29, 1.82) is 0 Å². The third-order valence-electron chi connectivity index (χ3n) is 8.19. The lowest BCUT2D eigenvalue weighted by molar-refractivity contribution is -0.138. The molecule has 0 radical (unpaired) electrons. The zero-order chi connectivity index (χ0) is 34.2. The van der Waals surface area contributed by atoms with Crippen molar-refractivity contribution in [2.24, 2.45) is 18.9 Å². The number of thiol groups is 1. The van der Waals surface area contributed by atoms with Gasteiger partial charge in [-0.05, 0) is 98.5 Å². The van der Waals surface area contributed by atoms with Crippen LogP contribution in [0.3, 0.4) is 0 Å². The first-order chi connectivity index (χ1) is 21.7. The van der Waals surface area contributed by atoms with Crippen molar-refractivity contribution in [3.05, 3.63) is 83.4 Å². The maximum atomic E-state index is 14.3. The number of carbonyl (C=O) groups is 2. The third kappa shape index (κ3) is 9.56. The molecule has 0 bridgehead atoms. The number of halogens is 4. The molecule has 5 rings (SSSR count). The summed E-state index contributed by atoms with van der Waals surface area (Å²) in [6.45, 7) is 5.08. The number of fused-ring (bicyclic) bond motifs is 1. The SMILES string of the molecule is CC(=O)O.CNS.Cc1nc2cc(-c3ccc(C4CCC(C)C(C(=O)Nc5ccc(C(F)(F)F)cc5F)CC4)cc3)ccc2n1C. The lowest BCUT2D eigenvalue weighted by Crippen LogP contribution is -2.28. The number of aryl methyl sites for hydroxylation is 2. The van der Waals surface area contributed by atoms with Gasteiger partial charge in [0, 0.05) is 19.9 Å². The Morgan fingerprint density at radius 3 is 2.15 bits per heavy atom. The fourth-order valence-corrected chi connectivity index (χ4v) is 5.66. The second kappa shape index (κ2) is 16.1. The minimum atomic E-state index is -4.64. The average molecular weight is 661 g/mol. The summed E-state index contributed by atoms with van der Waals surface area (Å²) < 4.78 is 57.4. The van der Waals surface area contributed by atoms with E-state index in [1.54, 1.807) is 7.05 Å². The van der Waals surface area contributed by atoms with Gasteiger partial charge in [0.25, 0.3) is 5.97 Å². The second-order valence-electron chi connectivity index (χ2n) is 11.4. The van der Waals surface area contributed by atoms with Gasteiger partial charge in [-0.2, -0.15) is 13.2 Å².